The van der Waals surface area contributed by atoms with E-state index in [2.05, 4.69) is 47.4 Å². The minimum absolute atomic E-state index is 0.472. The summed E-state index contributed by atoms with van der Waals surface area (Å²) in [6.45, 7) is 8.51. The molecule has 1 saturated carbocycles. The molecule has 0 amide bonds. The lowest BCUT2D eigenvalue weighted by Gasteiger charge is -2.12. The van der Waals surface area contributed by atoms with Gasteiger partial charge in [0, 0.05) is 18.0 Å². The first-order valence-corrected chi connectivity index (χ1v) is 8.17. The van der Waals surface area contributed by atoms with Crippen LogP contribution in [0.1, 0.15) is 38.0 Å². The molecule has 0 bridgehead atoms. The summed E-state index contributed by atoms with van der Waals surface area (Å²) in [5, 5.41) is 7.98. The van der Waals surface area contributed by atoms with Crippen molar-refractivity contribution in [3.63, 3.8) is 0 Å². The maximum Gasteiger partial charge on any atom is 0.226 e. The zero-order chi connectivity index (χ0) is 14.2. The highest BCUT2D eigenvalue weighted by Crippen LogP contribution is 2.45. The van der Waals surface area contributed by atoms with E-state index in [1.807, 2.05) is 0 Å². The van der Waals surface area contributed by atoms with E-state index in [0.717, 1.165) is 41.5 Å². The molecule has 20 heavy (non-hydrogen) atoms. The van der Waals surface area contributed by atoms with Gasteiger partial charge in [0.15, 0.2) is 0 Å². The minimum atomic E-state index is 0.472. The van der Waals surface area contributed by atoms with Crippen LogP contribution in [0, 0.1) is 12.3 Å². The summed E-state index contributed by atoms with van der Waals surface area (Å²) in [5.74, 6) is 1.72. The highest BCUT2D eigenvalue weighted by Gasteiger charge is 2.37. The number of aryl methyl sites for hydroxylation is 1. The fourth-order valence-electron chi connectivity index (χ4n) is 2.18. The molecule has 0 aliphatic heterocycles. The van der Waals surface area contributed by atoms with E-state index in [0.29, 0.717) is 5.41 Å². The molecule has 0 radical (unpaired) electrons. The van der Waals surface area contributed by atoms with Gasteiger partial charge in [0.2, 0.25) is 5.95 Å². The fourth-order valence-corrected chi connectivity index (χ4v) is 3.06. The molecule has 2 heterocycles. The Labute approximate surface area is 124 Å². The zero-order valence-electron chi connectivity index (χ0n) is 12.4. The minimum Gasteiger partial charge on any atom is -0.369 e. The fraction of sp³-hybridized carbons (Fsp3) is 0.600. The average Bonchev–Trinajstić information content (AvgIpc) is 3.03. The topological polar surface area (TPSA) is 49.8 Å². The molecule has 0 unspecified atom stereocenters. The number of aromatic nitrogens is 2. The molecule has 108 valence electrons. The summed E-state index contributed by atoms with van der Waals surface area (Å²) in [6.07, 6.45) is 3.71. The predicted octanol–water partition coefficient (Wildman–Crippen LogP) is 4.03. The summed E-state index contributed by atoms with van der Waals surface area (Å²) >= 11 is 1.73. The van der Waals surface area contributed by atoms with Crippen LogP contribution in [0.25, 0.3) is 10.2 Å². The lowest BCUT2D eigenvalue weighted by molar-refractivity contribution is 0.610. The van der Waals surface area contributed by atoms with Gasteiger partial charge in [-0.15, -0.1) is 11.3 Å². The molecule has 0 aromatic carbocycles. The largest absolute Gasteiger partial charge is 0.369 e. The van der Waals surface area contributed by atoms with Gasteiger partial charge in [0.05, 0.1) is 5.39 Å². The number of hydrogen-bond donors (Lipinski definition) is 2. The van der Waals surface area contributed by atoms with Gasteiger partial charge in [-0.05, 0) is 37.7 Å². The van der Waals surface area contributed by atoms with E-state index in [1.54, 1.807) is 11.3 Å². The number of hydrogen-bond acceptors (Lipinski definition) is 5. The standard InChI is InChI=1S/C15H22N4S/c1-4-7-16-14-18-12(17-9-15(3)5-6-15)11-8-10(2)20-13(11)19-14/h8H,4-7,9H2,1-3H3,(H2,16,17,18,19). The molecule has 0 saturated heterocycles. The summed E-state index contributed by atoms with van der Waals surface area (Å²) in [6, 6.07) is 2.18. The van der Waals surface area contributed by atoms with Crippen LogP contribution in [-0.2, 0) is 0 Å². The Hall–Kier alpha value is -1.36. The van der Waals surface area contributed by atoms with Gasteiger partial charge in [-0.3, -0.25) is 0 Å². The molecule has 2 N–H and O–H groups in total. The quantitative estimate of drug-likeness (QED) is 0.843. The lowest BCUT2D eigenvalue weighted by Crippen LogP contribution is -2.14. The van der Waals surface area contributed by atoms with Crippen molar-refractivity contribution >= 4 is 33.3 Å². The maximum absolute atomic E-state index is 4.66. The van der Waals surface area contributed by atoms with Gasteiger partial charge in [-0.2, -0.15) is 4.98 Å². The second kappa shape index (κ2) is 5.20. The zero-order valence-corrected chi connectivity index (χ0v) is 13.2. The monoisotopic (exact) mass is 290 g/mol. The van der Waals surface area contributed by atoms with E-state index in [-0.39, 0.29) is 0 Å². The van der Waals surface area contributed by atoms with Crippen molar-refractivity contribution in [2.24, 2.45) is 5.41 Å². The molecule has 0 spiro atoms. The van der Waals surface area contributed by atoms with E-state index < -0.39 is 0 Å². The third-order valence-corrected chi connectivity index (χ3v) is 4.78. The molecule has 2 aromatic rings. The van der Waals surface area contributed by atoms with Crippen LogP contribution in [-0.4, -0.2) is 23.1 Å². The number of anilines is 2. The van der Waals surface area contributed by atoms with Crippen LogP contribution in [0.3, 0.4) is 0 Å². The van der Waals surface area contributed by atoms with Crippen LogP contribution in [0.5, 0.6) is 0 Å². The van der Waals surface area contributed by atoms with Crippen molar-refractivity contribution in [1.29, 1.82) is 0 Å². The molecule has 4 nitrogen and oxygen atoms in total. The van der Waals surface area contributed by atoms with Gasteiger partial charge >= 0.3 is 0 Å². The molecule has 2 aromatic heterocycles. The van der Waals surface area contributed by atoms with Crippen molar-refractivity contribution in [2.75, 3.05) is 23.7 Å². The Balaban J connectivity index is 1.89. The molecule has 1 aliphatic rings. The van der Waals surface area contributed by atoms with E-state index in [1.165, 1.54) is 17.7 Å². The Kier molecular flexibility index (Phi) is 3.54. The third kappa shape index (κ3) is 2.87. The predicted molar refractivity (Wildman–Crippen MR) is 86.8 cm³/mol. The van der Waals surface area contributed by atoms with Crippen LogP contribution in [0.2, 0.25) is 0 Å². The second-order valence-corrected chi connectivity index (χ2v) is 7.30. The van der Waals surface area contributed by atoms with E-state index in [4.69, 9.17) is 0 Å². The molecular formula is C15H22N4S. The number of fused-ring (bicyclic) bond motifs is 1. The van der Waals surface area contributed by atoms with Gasteiger partial charge < -0.3 is 10.6 Å². The molecule has 1 fully saturated rings. The van der Waals surface area contributed by atoms with Gasteiger partial charge in [0.1, 0.15) is 10.6 Å². The number of thiophene rings is 1. The van der Waals surface area contributed by atoms with Crippen molar-refractivity contribution in [1.82, 2.24) is 9.97 Å². The first-order chi connectivity index (χ1) is 9.59. The molecule has 1 aliphatic carbocycles. The Bertz CT molecular complexity index is 616. The summed E-state index contributed by atoms with van der Waals surface area (Å²) in [7, 11) is 0. The van der Waals surface area contributed by atoms with Crippen LogP contribution in [0.4, 0.5) is 11.8 Å². The van der Waals surface area contributed by atoms with Gasteiger partial charge in [0.25, 0.3) is 0 Å². The number of rotatable bonds is 6. The van der Waals surface area contributed by atoms with Crippen molar-refractivity contribution < 1.29 is 0 Å². The Morgan fingerprint density at radius 1 is 1.30 bits per heavy atom. The summed E-state index contributed by atoms with van der Waals surface area (Å²) in [5.41, 5.74) is 0.472. The summed E-state index contributed by atoms with van der Waals surface area (Å²) < 4.78 is 0. The maximum atomic E-state index is 4.66. The van der Waals surface area contributed by atoms with Crippen molar-refractivity contribution in [3.8, 4) is 0 Å². The average molecular weight is 290 g/mol. The first kappa shape index (κ1) is 13.6. The van der Waals surface area contributed by atoms with Crippen molar-refractivity contribution in [2.45, 2.75) is 40.0 Å². The highest BCUT2D eigenvalue weighted by molar-refractivity contribution is 7.18. The molecule has 3 rings (SSSR count). The van der Waals surface area contributed by atoms with Gasteiger partial charge in [-0.25, -0.2) is 4.98 Å². The molecular weight excluding hydrogens is 268 g/mol. The first-order valence-electron chi connectivity index (χ1n) is 7.35. The van der Waals surface area contributed by atoms with E-state index >= 15 is 0 Å². The third-order valence-electron chi connectivity index (χ3n) is 3.84. The van der Waals surface area contributed by atoms with Crippen molar-refractivity contribution in [3.05, 3.63) is 10.9 Å². The SMILES string of the molecule is CCCNc1nc(NCC2(C)CC2)c2cc(C)sc2n1. The molecule has 0 atom stereocenters. The highest BCUT2D eigenvalue weighted by atomic mass is 32.1. The Morgan fingerprint density at radius 3 is 2.80 bits per heavy atom. The lowest BCUT2D eigenvalue weighted by atomic mass is 10.1. The van der Waals surface area contributed by atoms with Gasteiger partial charge in [-0.1, -0.05) is 13.8 Å². The molecule has 5 heteroatoms. The number of nitrogens with one attached hydrogen (secondary N) is 2. The smallest absolute Gasteiger partial charge is 0.226 e. The second-order valence-electron chi connectivity index (χ2n) is 6.06. The number of nitrogens with zero attached hydrogens (tertiary/aromatic N) is 2. The van der Waals surface area contributed by atoms with E-state index in [9.17, 15) is 0 Å². The van der Waals surface area contributed by atoms with Crippen LogP contribution in [0.15, 0.2) is 6.07 Å². The Morgan fingerprint density at radius 2 is 2.10 bits per heavy atom. The van der Waals surface area contributed by atoms with Crippen LogP contribution < -0.4 is 10.6 Å². The van der Waals surface area contributed by atoms with Crippen LogP contribution >= 0.6 is 11.3 Å². The normalized spacial score (nSPS) is 16.4. The summed E-state index contributed by atoms with van der Waals surface area (Å²) in [4.78, 5) is 11.6.